The number of hydrogen-bond acceptors (Lipinski definition) is 15. The number of imidazole rings is 1. The Balaban J connectivity index is 1.48. The molecule has 4 aliphatic rings. The van der Waals surface area contributed by atoms with Gasteiger partial charge in [0.15, 0.2) is 17.7 Å². The lowest BCUT2D eigenvalue weighted by molar-refractivity contribution is -0.296. The van der Waals surface area contributed by atoms with Gasteiger partial charge >= 0.3 is 5.97 Å². The van der Waals surface area contributed by atoms with Gasteiger partial charge in [-0.05, 0) is 79.1 Å². The standard InChI is InChI=1S/C42H62N6O11/c1-11-31-42(8,53)36-24(4)32-22(2)18-41(7,35(25(5)33(49)26(6)39(52)57-31)58-40-34(50)29(47(9)10)17-23(3)56-40)55-20-27(19-54-36)46-59-30(38(51)45-32)14-16-48-21-44-37-28(48)13-12-15-43-37/h12-13,15,21-26,29-31,34-36,40,50,53H,11,14,16-20H2,1-10H3/b45-32?,46-27+/t22-,23-,24-,25+,26-,29+,30?,31-,34-,35-,36+,40+,41-,42-/m1/s1. The van der Waals surface area contributed by atoms with Crippen LogP contribution < -0.4 is 0 Å². The lowest BCUT2D eigenvalue weighted by Crippen LogP contribution is -2.60. The van der Waals surface area contributed by atoms with Gasteiger partial charge < -0.3 is 48.2 Å². The van der Waals surface area contributed by atoms with Gasteiger partial charge in [0.2, 0.25) is 6.10 Å². The number of amides is 1. The van der Waals surface area contributed by atoms with E-state index in [0.29, 0.717) is 24.3 Å². The molecule has 2 aromatic rings. The van der Waals surface area contributed by atoms with Crippen LogP contribution in [0.4, 0.5) is 0 Å². The van der Waals surface area contributed by atoms with Crippen molar-refractivity contribution >= 4 is 40.2 Å². The molecule has 2 N–H and O–H groups in total. The third-order valence-corrected chi connectivity index (χ3v) is 12.7. The molecule has 3 saturated heterocycles. The molecule has 0 radical (unpaired) electrons. The summed E-state index contributed by atoms with van der Waals surface area (Å²) in [5.41, 5.74) is -1.20. The van der Waals surface area contributed by atoms with Crippen molar-refractivity contribution in [3.63, 3.8) is 0 Å². The van der Waals surface area contributed by atoms with Crippen molar-refractivity contribution in [2.75, 3.05) is 27.3 Å². The number of esters is 1. The molecule has 6 heterocycles. The molecule has 59 heavy (non-hydrogen) atoms. The highest BCUT2D eigenvalue weighted by Crippen LogP contribution is 2.40. The smallest absolute Gasteiger partial charge is 0.316 e. The first-order valence-corrected chi connectivity index (χ1v) is 20.8. The minimum Gasteiger partial charge on any atom is -0.459 e. The van der Waals surface area contributed by atoms with Gasteiger partial charge in [0.05, 0.1) is 49.0 Å². The number of carbonyl (C=O) groups is 3. The number of Topliss-reactive ketones (excluding diaryl/α,β-unsaturated/α-hetero) is 1. The van der Waals surface area contributed by atoms with Crippen LogP contribution in [0.15, 0.2) is 34.8 Å². The number of ether oxygens (including phenoxy) is 5. The van der Waals surface area contributed by atoms with Crippen molar-refractivity contribution < 1.29 is 53.1 Å². The average Bonchev–Trinajstić information content (AvgIpc) is 3.60. The minimum atomic E-state index is -1.83. The van der Waals surface area contributed by atoms with Crippen LogP contribution in [0.25, 0.3) is 11.2 Å². The van der Waals surface area contributed by atoms with Crippen molar-refractivity contribution in [2.24, 2.45) is 33.8 Å². The molecule has 1 unspecified atom stereocenters. The van der Waals surface area contributed by atoms with Gasteiger partial charge in [-0.15, -0.1) is 0 Å². The maximum absolute atomic E-state index is 14.5. The van der Waals surface area contributed by atoms with Crippen LogP contribution in [-0.4, -0.2) is 146 Å². The summed E-state index contributed by atoms with van der Waals surface area (Å²) in [5, 5.41) is 28.5. The van der Waals surface area contributed by atoms with Crippen LogP contribution in [0.5, 0.6) is 0 Å². The largest absolute Gasteiger partial charge is 0.459 e. The number of cyclic esters (lactones) is 1. The van der Waals surface area contributed by atoms with Crippen LogP contribution in [0.1, 0.15) is 81.1 Å². The number of fused-ring (bicyclic) bond motifs is 5. The summed E-state index contributed by atoms with van der Waals surface area (Å²) >= 11 is 0. The van der Waals surface area contributed by atoms with E-state index in [9.17, 15) is 24.6 Å². The molecule has 3 fully saturated rings. The van der Waals surface area contributed by atoms with E-state index in [1.807, 2.05) is 56.5 Å². The first-order chi connectivity index (χ1) is 27.9. The molecule has 326 valence electrons. The van der Waals surface area contributed by atoms with Crippen LogP contribution in [-0.2, 0) is 49.5 Å². The van der Waals surface area contributed by atoms with Crippen LogP contribution in [0.3, 0.4) is 0 Å². The second-order valence-corrected chi connectivity index (χ2v) is 17.5. The van der Waals surface area contributed by atoms with Gasteiger partial charge in [-0.2, -0.15) is 0 Å². The average molecular weight is 827 g/mol. The molecule has 1 amide bonds. The topological polar surface area (TPSA) is 206 Å². The molecule has 0 saturated carbocycles. The van der Waals surface area contributed by atoms with Gasteiger partial charge in [0, 0.05) is 42.8 Å². The van der Waals surface area contributed by atoms with E-state index in [0.717, 1.165) is 5.52 Å². The zero-order valence-electron chi connectivity index (χ0n) is 35.9. The predicted molar refractivity (Wildman–Crippen MR) is 215 cm³/mol. The summed E-state index contributed by atoms with van der Waals surface area (Å²) in [6, 6.07) is 3.39. The van der Waals surface area contributed by atoms with Crippen molar-refractivity contribution in [1.82, 2.24) is 19.4 Å². The Morgan fingerprint density at radius 1 is 1.05 bits per heavy atom. The van der Waals surface area contributed by atoms with Crippen molar-refractivity contribution in [2.45, 2.75) is 148 Å². The Kier molecular flexibility index (Phi) is 13.8. The third-order valence-electron chi connectivity index (χ3n) is 12.7. The summed E-state index contributed by atoms with van der Waals surface area (Å²) in [6.45, 7) is 13.8. The number of aliphatic imine (C=N–C) groups is 1. The summed E-state index contributed by atoms with van der Waals surface area (Å²) in [7, 11) is 3.74. The Bertz CT molecular complexity index is 1900. The SMILES string of the molecule is CC[C@H]1OC(=O)[C@H](C)C(=O)[C@H](C)[C@@H](O[C@@H]2O[C@H](C)C[C@H](N(C)C)[C@H]2O)[C@@]2(C)C[C@@H](C)C3=NC(=O)C(CCn4cnc5ncccc54)O/N=C(\CO[C@@H]([C@@H]3C)[C@]1(C)O)CO2. The lowest BCUT2D eigenvalue weighted by atomic mass is 9.73. The normalized spacial score (nSPS) is 40.1. The second-order valence-electron chi connectivity index (χ2n) is 17.5. The zero-order valence-corrected chi connectivity index (χ0v) is 35.9. The molecule has 14 atom stereocenters. The molecule has 0 aliphatic carbocycles. The Morgan fingerprint density at radius 2 is 1.80 bits per heavy atom. The molecule has 6 rings (SSSR count). The van der Waals surface area contributed by atoms with E-state index in [1.165, 1.54) is 13.8 Å². The van der Waals surface area contributed by atoms with E-state index < -0.39 is 89.3 Å². The molecular formula is C42H62N6O11. The number of likely N-dealkylation sites (N-methyl/N-ethyl adjacent to an activating group) is 1. The van der Waals surface area contributed by atoms with Crippen molar-refractivity contribution in [3.05, 3.63) is 24.7 Å². The van der Waals surface area contributed by atoms with E-state index in [4.69, 9.17) is 33.5 Å². The summed E-state index contributed by atoms with van der Waals surface area (Å²) in [6.07, 6.45) is -2.59. The first kappa shape index (κ1) is 44.8. The van der Waals surface area contributed by atoms with Gasteiger partial charge in [-0.25, -0.2) is 15.0 Å². The maximum Gasteiger partial charge on any atom is 0.316 e. The number of aromatic nitrogens is 3. The van der Waals surface area contributed by atoms with Crippen LogP contribution in [0, 0.1) is 23.7 Å². The third kappa shape index (κ3) is 9.31. The number of aryl methyl sites for hydroxylation is 1. The number of nitrogens with zero attached hydrogens (tertiary/aromatic N) is 6. The fourth-order valence-electron chi connectivity index (χ4n) is 9.32. The number of ketones is 1. The van der Waals surface area contributed by atoms with Gasteiger partial charge in [0.25, 0.3) is 5.91 Å². The highest BCUT2D eigenvalue weighted by Gasteiger charge is 2.53. The maximum atomic E-state index is 14.5. The number of aliphatic hydroxyl groups is 2. The van der Waals surface area contributed by atoms with E-state index in [-0.39, 0.29) is 50.3 Å². The van der Waals surface area contributed by atoms with Crippen LogP contribution >= 0.6 is 0 Å². The van der Waals surface area contributed by atoms with Crippen molar-refractivity contribution in [3.8, 4) is 0 Å². The number of pyridine rings is 1. The molecule has 17 nitrogen and oxygen atoms in total. The zero-order chi connectivity index (χ0) is 43.0. The number of rotatable bonds is 7. The predicted octanol–water partition coefficient (Wildman–Crippen LogP) is 3.12. The monoisotopic (exact) mass is 826 g/mol. The van der Waals surface area contributed by atoms with Gasteiger partial charge in [-0.1, -0.05) is 32.9 Å². The highest BCUT2D eigenvalue weighted by atomic mass is 16.7. The first-order valence-electron chi connectivity index (χ1n) is 20.8. The molecular weight excluding hydrogens is 764 g/mol. The summed E-state index contributed by atoms with van der Waals surface area (Å²) in [5.74, 6) is -5.44. The Morgan fingerprint density at radius 3 is 2.51 bits per heavy atom. The number of carbonyl (C=O) groups excluding carboxylic acids is 3. The molecule has 4 bridgehead atoms. The lowest BCUT2D eigenvalue weighted by Gasteiger charge is -2.47. The Hall–Kier alpha value is -3.71. The van der Waals surface area contributed by atoms with E-state index in [1.54, 1.807) is 33.3 Å². The molecule has 0 spiro atoms. The van der Waals surface area contributed by atoms with Gasteiger partial charge in [-0.3, -0.25) is 14.4 Å². The minimum absolute atomic E-state index is 0.152. The molecule has 4 aliphatic heterocycles. The number of oxime groups is 1. The fourth-order valence-corrected chi connectivity index (χ4v) is 9.32. The summed E-state index contributed by atoms with van der Waals surface area (Å²) in [4.78, 5) is 64.1. The molecule has 0 aromatic carbocycles. The van der Waals surface area contributed by atoms with Crippen molar-refractivity contribution in [1.29, 1.82) is 0 Å². The molecule has 2 aromatic heterocycles. The Labute approximate surface area is 345 Å². The highest BCUT2D eigenvalue weighted by molar-refractivity contribution is 6.01. The quantitative estimate of drug-likeness (QED) is 0.304. The molecule has 17 heteroatoms. The number of aliphatic hydroxyl groups excluding tert-OH is 1. The van der Waals surface area contributed by atoms with Crippen LogP contribution in [0.2, 0.25) is 0 Å². The van der Waals surface area contributed by atoms with E-state index >= 15 is 0 Å². The second kappa shape index (κ2) is 18.1. The summed E-state index contributed by atoms with van der Waals surface area (Å²) < 4.78 is 34.3. The fraction of sp³-hybridized carbons (Fsp3) is 0.738. The van der Waals surface area contributed by atoms with E-state index in [2.05, 4.69) is 15.1 Å². The van der Waals surface area contributed by atoms with Gasteiger partial charge in [0.1, 0.15) is 29.4 Å². The number of hydrogen-bond donors (Lipinski definition) is 2.